The number of carbonyl (C=O) groups excluding carboxylic acids is 4. The third kappa shape index (κ3) is 7.54. The maximum atomic E-state index is 11.9. The molecule has 0 bridgehead atoms. The van der Waals surface area contributed by atoms with Crippen LogP contribution in [0.4, 0.5) is 9.59 Å². The van der Waals surface area contributed by atoms with Gasteiger partial charge in [0, 0.05) is 11.1 Å². The van der Waals surface area contributed by atoms with Crippen LogP contribution in [0, 0.1) is 0 Å². The van der Waals surface area contributed by atoms with Crippen LogP contribution in [0.2, 0.25) is 0 Å². The maximum Gasteiger partial charge on any atom is 0.407 e. The van der Waals surface area contributed by atoms with Gasteiger partial charge >= 0.3 is 24.1 Å². The molecular formula is C20H28N2O10. The van der Waals surface area contributed by atoms with Crippen molar-refractivity contribution in [1.29, 1.82) is 0 Å². The summed E-state index contributed by atoms with van der Waals surface area (Å²) >= 11 is 0. The van der Waals surface area contributed by atoms with E-state index in [2.05, 4.69) is 23.8 Å². The molecule has 0 aromatic carbocycles. The van der Waals surface area contributed by atoms with Crippen molar-refractivity contribution in [3.8, 4) is 0 Å². The zero-order valence-corrected chi connectivity index (χ0v) is 18.0. The van der Waals surface area contributed by atoms with Crippen LogP contribution in [0.25, 0.3) is 0 Å². The highest BCUT2D eigenvalue weighted by Crippen LogP contribution is 2.30. The molecule has 3 unspecified atom stereocenters. The Morgan fingerprint density at radius 3 is 1.50 bits per heavy atom. The molecule has 178 valence electrons. The Balaban J connectivity index is 1.65. The fourth-order valence-corrected chi connectivity index (χ4v) is 2.83. The van der Waals surface area contributed by atoms with E-state index in [0.717, 1.165) is 0 Å². The first-order chi connectivity index (χ1) is 15.2. The molecule has 2 saturated heterocycles. The van der Waals surface area contributed by atoms with E-state index < -0.39 is 48.5 Å². The van der Waals surface area contributed by atoms with E-state index >= 15 is 0 Å². The third-order valence-corrected chi connectivity index (χ3v) is 4.39. The number of nitrogens with one attached hydrogen (secondary N) is 2. The van der Waals surface area contributed by atoms with E-state index in [1.165, 1.54) is 13.8 Å². The van der Waals surface area contributed by atoms with Crippen molar-refractivity contribution in [1.82, 2.24) is 10.6 Å². The van der Waals surface area contributed by atoms with Crippen LogP contribution in [0.5, 0.6) is 0 Å². The van der Waals surface area contributed by atoms with Crippen molar-refractivity contribution < 1.29 is 47.6 Å². The lowest BCUT2D eigenvalue weighted by Gasteiger charge is -2.17. The van der Waals surface area contributed by atoms with Crippen LogP contribution in [0.3, 0.4) is 0 Å². The first-order valence-electron chi connectivity index (χ1n) is 9.96. The monoisotopic (exact) mass is 456 g/mol. The van der Waals surface area contributed by atoms with Crippen LogP contribution in [-0.4, -0.2) is 88.1 Å². The van der Waals surface area contributed by atoms with E-state index in [-0.39, 0.29) is 50.7 Å². The van der Waals surface area contributed by atoms with Gasteiger partial charge < -0.3 is 39.1 Å². The maximum absolute atomic E-state index is 11.9. The number of hydrogen-bond acceptors (Lipinski definition) is 10. The molecule has 2 rings (SSSR count). The van der Waals surface area contributed by atoms with Gasteiger partial charge in [-0.15, -0.1) is 0 Å². The minimum absolute atomic E-state index is 0.0259. The number of alkyl carbamates (subject to hydrolysis) is 2. The molecule has 0 radical (unpaired) electrons. The molecule has 12 nitrogen and oxygen atoms in total. The highest BCUT2D eigenvalue weighted by Gasteiger charge is 2.51. The molecule has 2 heterocycles. The summed E-state index contributed by atoms with van der Waals surface area (Å²) in [6, 6.07) is 0. The van der Waals surface area contributed by atoms with Crippen molar-refractivity contribution in [2.45, 2.75) is 38.3 Å². The molecule has 2 N–H and O–H groups in total. The van der Waals surface area contributed by atoms with Gasteiger partial charge in [-0.2, -0.15) is 0 Å². The first kappa shape index (κ1) is 25.1. The molecule has 2 aliphatic heterocycles. The van der Waals surface area contributed by atoms with Gasteiger partial charge in [0.25, 0.3) is 0 Å². The summed E-state index contributed by atoms with van der Waals surface area (Å²) in [5.74, 6) is -1.09. The van der Waals surface area contributed by atoms with Gasteiger partial charge in [-0.1, -0.05) is 13.2 Å². The zero-order chi connectivity index (χ0) is 23.7. The van der Waals surface area contributed by atoms with Crippen LogP contribution in [0.15, 0.2) is 24.3 Å². The Labute approximate surface area is 185 Å². The molecular weight excluding hydrogens is 428 g/mol. The van der Waals surface area contributed by atoms with Gasteiger partial charge in [-0.25, -0.2) is 19.2 Å². The lowest BCUT2D eigenvalue weighted by atomic mass is 10.1. The number of esters is 2. The molecule has 0 aromatic heterocycles. The first-order valence-corrected chi connectivity index (χ1v) is 9.96. The summed E-state index contributed by atoms with van der Waals surface area (Å²) in [7, 11) is 0. The Bertz CT molecular complexity index is 691. The molecule has 2 amide bonds. The average molecular weight is 456 g/mol. The van der Waals surface area contributed by atoms with E-state index in [4.69, 9.17) is 28.4 Å². The molecule has 0 spiro atoms. The Kier molecular flexibility index (Phi) is 9.47. The molecule has 32 heavy (non-hydrogen) atoms. The van der Waals surface area contributed by atoms with E-state index in [1.807, 2.05) is 0 Å². The van der Waals surface area contributed by atoms with E-state index in [9.17, 15) is 19.2 Å². The van der Waals surface area contributed by atoms with Gasteiger partial charge in [-0.3, -0.25) is 0 Å². The number of ether oxygens (including phenoxy) is 6. The summed E-state index contributed by atoms with van der Waals surface area (Å²) in [4.78, 5) is 46.4. The van der Waals surface area contributed by atoms with Gasteiger partial charge in [-0.05, 0) is 13.8 Å². The highest BCUT2D eigenvalue weighted by molar-refractivity contribution is 5.87. The average Bonchev–Trinajstić information content (AvgIpc) is 3.31. The van der Waals surface area contributed by atoms with Gasteiger partial charge in [0.05, 0.1) is 26.3 Å². The van der Waals surface area contributed by atoms with E-state index in [1.54, 1.807) is 0 Å². The summed E-state index contributed by atoms with van der Waals surface area (Å²) in [5.41, 5.74) is 0.522. The highest BCUT2D eigenvalue weighted by atomic mass is 16.7. The number of hydrogen-bond donors (Lipinski definition) is 2. The normalized spacial score (nSPS) is 23.4. The predicted molar refractivity (Wildman–Crippen MR) is 108 cm³/mol. The molecule has 0 aliphatic carbocycles. The van der Waals surface area contributed by atoms with Crippen LogP contribution in [-0.2, 0) is 38.0 Å². The van der Waals surface area contributed by atoms with Crippen molar-refractivity contribution in [2.75, 3.05) is 39.5 Å². The van der Waals surface area contributed by atoms with Crippen LogP contribution < -0.4 is 10.6 Å². The Hall–Kier alpha value is -3.12. The lowest BCUT2D eigenvalue weighted by Crippen LogP contribution is -2.40. The summed E-state index contributed by atoms with van der Waals surface area (Å²) in [5, 5.41) is 4.91. The van der Waals surface area contributed by atoms with Crippen molar-refractivity contribution in [3.05, 3.63) is 24.3 Å². The Morgan fingerprint density at radius 2 is 1.16 bits per heavy atom. The molecule has 2 fully saturated rings. The fraction of sp³-hybridized carbons (Fsp3) is 0.600. The van der Waals surface area contributed by atoms with Crippen molar-refractivity contribution >= 4 is 24.1 Å². The molecule has 2 aliphatic rings. The van der Waals surface area contributed by atoms with Crippen LogP contribution >= 0.6 is 0 Å². The van der Waals surface area contributed by atoms with Gasteiger partial charge in [0.1, 0.15) is 25.4 Å². The van der Waals surface area contributed by atoms with E-state index in [0.29, 0.717) is 0 Å². The fourth-order valence-electron chi connectivity index (χ4n) is 2.83. The minimum Gasteiger partial charge on any atom is -0.460 e. The second-order valence-electron chi connectivity index (χ2n) is 7.17. The molecule has 4 atom stereocenters. The molecule has 0 saturated carbocycles. The lowest BCUT2D eigenvalue weighted by molar-refractivity contribution is -0.139. The zero-order valence-electron chi connectivity index (χ0n) is 18.0. The summed E-state index contributed by atoms with van der Waals surface area (Å²) in [6.07, 6.45) is -3.98. The minimum atomic E-state index is -0.722. The number of carbonyl (C=O) groups is 4. The summed E-state index contributed by atoms with van der Waals surface area (Å²) in [6.45, 7) is 10.2. The van der Waals surface area contributed by atoms with Crippen molar-refractivity contribution in [2.24, 2.45) is 0 Å². The second kappa shape index (κ2) is 12.1. The summed E-state index contributed by atoms with van der Waals surface area (Å²) < 4.78 is 31.4. The van der Waals surface area contributed by atoms with Crippen LogP contribution in [0.1, 0.15) is 13.8 Å². The Morgan fingerprint density at radius 1 is 0.781 bits per heavy atom. The molecule has 12 heteroatoms. The predicted octanol–water partition coefficient (Wildman–Crippen LogP) is 0.212. The third-order valence-electron chi connectivity index (χ3n) is 4.39. The SMILES string of the molecule is C=C(C)C(=O)OCCNC(=O)OC1COC2C1OC[C@H]2OC(=O)NCCOC(=O)C(=C)C. The number of rotatable bonds is 10. The standard InChI is InChI=1S/C20H28N2O10/c1-11(2)17(23)27-7-5-21-19(25)31-13-9-29-16-14(10-30-15(13)16)32-20(26)22-6-8-28-18(24)12(3)4/h13-16H,1,3,5-10H2,2,4H3,(H,21,25)(H,22,26)/t13-,14?,15?,16?/m1/s1. The smallest absolute Gasteiger partial charge is 0.407 e. The number of amides is 2. The molecule has 0 aromatic rings. The number of fused-ring (bicyclic) bond motifs is 1. The largest absolute Gasteiger partial charge is 0.460 e. The van der Waals surface area contributed by atoms with Crippen molar-refractivity contribution in [3.63, 3.8) is 0 Å². The second-order valence-corrected chi connectivity index (χ2v) is 7.17. The quantitative estimate of drug-likeness (QED) is 0.202. The van der Waals surface area contributed by atoms with Gasteiger partial charge in [0.15, 0.2) is 12.2 Å². The van der Waals surface area contributed by atoms with Gasteiger partial charge in [0.2, 0.25) is 0 Å². The topological polar surface area (TPSA) is 148 Å².